The Morgan fingerprint density at radius 2 is 2.42 bits per heavy atom. The van der Waals surface area contributed by atoms with E-state index >= 15 is 0 Å². The number of aromatic nitrogens is 2. The number of aryl methyl sites for hydroxylation is 1. The minimum atomic E-state index is -0.0766. The molecular formula is C17H21N5O2. The molecule has 1 amide bonds. The highest BCUT2D eigenvalue weighted by Gasteiger charge is 2.32. The van der Waals surface area contributed by atoms with Gasteiger partial charge in [0.1, 0.15) is 5.76 Å². The number of pyridine rings is 1. The van der Waals surface area contributed by atoms with Gasteiger partial charge in [0.2, 0.25) is 5.91 Å². The Kier molecular flexibility index (Phi) is 3.93. The summed E-state index contributed by atoms with van der Waals surface area (Å²) in [7, 11) is 0. The van der Waals surface area contributed by atoms with Gasteiger partial charge in [0.15, 0.2) is 5.82 Å². The first-order valence-electron chi connectivity index (χ1n) is 8.35. The fourth-order valence-corrected chi connectivity index (χ4v) is 3.66. The predicted octanol–water partition coefficient (Wildman–Crippen LogP) is 1.80. The predicted molar refractivity (Wildman–Crippen MR) is 89.8 cm³/mol. The molecule has 2 aliphatic rings. The molecule has 1 N–H and O–H groups in total. The smallest absolute Gasteiger partial charge is 0.239 e. The van der Waals surface area contributed by atoms with E-state index in [-0.39, 0.29) is 5.91 Å². The number of anilines is 2. The summed E-state index contributed by atoms with van der Waals surface area (Å²) in [4.78, 5) is 21.5. The number of amides is 1. The van der Waals surface area contributed by atoms with Crippen LogP contribution < -0.4 is 10.2 Å². The zero-order valence-electron chi connectivity index (χ0n) is 13.7. The van der Waals surface area contributed by atoms with Crippen molar-refractivity contribution in [3.8, 4) is 0 Å². The van der Waals surface area contributed by atoms with Crippen molar-refractivity contribution in [3.05, 3.63) is 35.9 Å². The van der Waals surface area contributed by atoms with Gasteiger partial charge in [-0.15, -0.1) is 0 Å². The molecule has 0 unspecified atom stereocenters. The van der Waals surface area contributed by atoms with Gasteiger partial charge in [0.25, 0.3) is 0 Å². The quantitative estimate of drug-likeness (QED) is 0.926. The molecule has 4 rings (SSSR count). The molecule has 4 heterocycles. The Labute approximate surface area is 140 Å². The summed E-state index contributed by atoms with van der Waals surface area (Å²) in [6, 6.07) is 6.31. The van der Waals surface area contributed by atoms with Crippen molar-refractivity contribution < 1.29 is 9.32 Å². The summed E-state index contributed by atoms with van der Waals surface area (Å²) in [6.45, 7) is 4.76. The molecule has 0 aliphatic carbocycles. The lowest BCUT2D eigenvalue weighted by Gasteiger charge is -2.27. The van der Waals surface area contributed by atoms with E-state index in [1.165, 1.54) is 12.1 Å². The lowest BCUT2D eigenvalue weighted by molar-refractivity contribution is -0.117. The number of carbonyl (C=O) groups excluding carboxylic acids is 1. The first kappa shape index (κ1) is 15.1. The maximum absolute atomic E-state index is 12.3. The van der Waals surface area contributed by atoms with Crippen molar-refractivity contribution in [2.24, 2.45) is 0 Å². The largest absolute Gasteiger partial charge is 0.366 e. The molecule has 1 atom stereocenters. The van der Waals surface area contributed by atoms with Gasteiger partial charge in [-0.3, -0.25) is 14.7 Å². The monoisotopic (exact) mass is 327 g/mol. The number of nitrogens with zero attached hydrogens (tertiary/aromatic N) is 4. The molecule has 0 saturated carbocycles. The Balaban J connectivity index is 1.48. The van der Waals surface area contributed by atoms with Crippen LogP contribution in [0.5, 0.6) is 0 Å². The highest BCUT2D eigenvalue weighted by molar-refractivity contribution is 5.91. The Bertz CT molecular complexity index is 744. The van der Waals surface area contributed by atoms with E-state index in [4.69, 9.17) is 4.52 Å². The van der Waals surface area contributed by atoms with E-state index in [2.05, 4.69) is 31.3 Å². The van der Waals surface area contributed by atoms with Crippen LogP contribution in [0.2, 0.25) is 0 Å². The van der Waals surface area contributed by atoms with E-state index < -0.39 is 0 Å². The Morgan fingerprint density at radius 1 is 1.50 bits per heavy atom. The fourth-order valence-electron chi connectivity index (χ4n) is 3.66. The third-order valence-corrected chi connectivity index (χ3v) is 4.66. The maximum Gasteiger partial charge on any atom is 0.239 e. The summed E-state index contributed by atoms with van der Waals surface area (Å²) in [5.41, 5.74) is 2.27. The number of carbonyl (C=O) groups is 1. The zero-order chi connectivity index (χ0) is 16.5. The van der Waals surface area contributed by atoms with Crippen molar-refractivity contribution in [1.82, 2.24) is 15.0 Å². The third-order valence-electron chi connectivity index (χ3n) is 4.66. The van der Waals surface area contributed by atoms with Gasteiger partial charge in [-0.1, -0.05) is 5.16 Å². The average molecular weight is 327 g/mol. The number of nitrogens with one attached hydrogen (secondary N) is 1. The minimum Gasteiger partial charge on any atom is -0.366 e. The molecule has 7 heteroatoms. The van der Waals surface area contributed by atoms with Crippen molar-refractivity contribution in [2.45, 2.75) is 32.4 Å². The second-order valence-electron chi connectivity index (χ2n) is 6.50. The maximum atomic E-state index is 12.3. The number of hydrogen-bond acceptors (Lipinski definition) is 6. The van der Waals surface area contributed by atoms with Gasteiger partial charge in [-0.25, -0.2) is 0 Å². The topological polar surface area (TPSA) is 74.5 Å². The highest BCUT2D eigenvalue weighted by atomic mass is 16.5. The highest BCUT2D eigenvalue weighted by Crippen LogP contribution is 2.31. The second-order valence-corrected chi connectivity index (χ2v) is 6.50. The molecule has 0 spiro atoms. The molecule has 0 radical (unpaired) electrons. The second kappa shape index (κ2) is 6.24. The van der Waals surface area contributed by atoms with Crippen LogP contribution in [0.4, 0.5) is 11.5 Å². The molecule has 126 valence electrons. The molecule has 7 nitrogen and oxygen atoms in total. The average Bonchev–Trinajstić information content (AvgIpc) is 3.14. The first-order valence-corrected chi connectivity index (χ1v) is 8.35. The number of hydrogen-bond donors (Lipinski definition) is 1. The van der Waals surface area contributed by atoms with Gasteiger partial charge in [-0.2, -0.15) is 0 Å². The summed E-state index contributed by atoms with van der Waals surface area (Å²) in [5, 5.41) is 6.61. The molecule has 0 aromatic carbocycles. The molecular weight excluding hydrogens is 306 g/mol. The number of rotatable bonds is 3. The van der Waals surface area contributed by atoms with Crippen LogP contribution >= 0.6 is 0 Å². The van der Waals surface area contributed by atoms with Crippen molar-refractivity contribution in [3.63, 3.8) is 0 Å². The van der Waals surface area contributed by atoms with E-state index in [9.17, 15) is 4.79 Å². The standard InChI is InChI=1S/C17H21N5O2/c1-12-8-16(20-24-12)19-17(23)11-21-9-13-4-3-7-22(13)15-5-2-6-18-14(15)10-21/h2,5-6,8,13H,3-4,7,9-11H2,1H3,(H,19,20,23)/t13-/m0/s1. The van der Waals surface area contributed by atoms with E-state index in [0.29, 0.717) is 30.7 Å². The summed E-state index contributed by atoms with van der Waals surface area (Å²) >= 11 is 0. The van der Waals surface area contributed by atoms with Crippen molar-refractivity contribution >= 4 is 17.4 Å². The van der Waals surface area contributed by atoms with Crippen LogP contribution in [0.3, 0.4) is 0 Å². The van der Waals surface area contributed by atoms with Crippen LogP contribution in [0.1, 0.15) is 24.3 Å². The lowest BCUT2D eigenvalue weighted by atomic mass is 10.2. The SMILES string of the molecule is Cc1cc(NC(=O)CN2Cc3ncccc3N3CCC[C@H]3C2)no1. The van der Waals surface area contributed by atoms with Crippen molar-refractivity contribution in [2.75, 3.05) is 29.9 Å². The van der Waals surface area contributed by atoms with Gasteiger partial charge >= 0.3 is 0 Å². The van der Waals surface area contributed by atoms with Crippen LogP contribution in [0.15, 0.2) is 28.9 Å². The van der Waals surface area contributed by atoms with Gasteiger partial charge in [-0.05, 0) is 31.9 Å². The van der Waals surface area contributed by atoms with E-state index in [0.717, 1.165) is 25.2 Å². The van der Waals surface area contributed by atoms with E-state index in [1.807, 2.05) is 12.3 Å². The molecule has 2 aliphatic heterocycles. The Hall–Kier alpha value is -2.41. The summed E-state index contributed by atoms with van der Waals surface area (Å²) in [6.07, 6.45) is 4.18. The van der Waals surface area contributed by atoms with E-state index in [1.54, 1.807) is 13.0 Å². The lowest BCUT2D eigenvalue weighted by Crippen LogP contribution is -2.40. The zero-order valence-corrected chi connectivity index (χ0v) is 13.7. The van der Waals surface area contributed by atoms with Crippen LogP contribution in [0, 0.1) is 6.92 Å². The number of fused-ring (bicyclic) bond motifs is 3. The van der Waals surface area contributed by atoms with Gasteiger partial charge < -0.3 is 14.7 Å². The van der Waals surface area contributed by atoms with Crippen molar-refractivity contribution in [1.29, 1.82) is 0 Å². The third kappa shape index (κ3) is 2.99. The fraction of sp³-hybridized carbons (Fsp3) is 0.471. The molecule has 1 fully saturated rings. The van der Waals surface area contributed by atoms with Crippen LogP contribution in [0.25, 0.3) is 0 Å². The summed E-state index contributed by atoms with van der Waals surface area (Å²) < 4.78 is 4.98. The molecule has 0 bridgehead atoms. The van der Waals surface area contributed by atoms with Crippen LogP contribution in [-0.2, 0) is 11.3 Å². The molecule has 2 aromatic rings. The molecule has 2 aromatic heterocycles. The normalized spacial score (nSPS) is 20.4. The Morgan fingerprint density at radius 3 is 3.25 bits per heavy atom. The van der Waals surface area contributed by atoms with Gasteiger partial charge in [0.05, 0.1) is 17.9 Å². The first-order chi connectivity index (χ1) is 11.7. The van der Waals surface area contributed by atoms with Gasteiger partial charge in [0, 0.05) is 37.9 Å². The minimum absolute atomic E-state index is 0.0766. The summed E-state index contributed by atoms with van der Waals surface area (Å²) in [5.74, 6) is 1.07. The molecule has 24 heavy (non-hydrogen) atoms. The van der Waals surface area contributed by atoms with Crippen LogP contribution in [-0.4, -0.2) is 46.6 Å². The molecule has 1 saturated heterocycles.